The zero-order valence-corrected chi connectivity index (χ0v) is 17.5. The SMILES string of the molecule is CN(C(=O)Oc1c(N2CCNC2=O)cc(C(F)(F)F)cc1C(F)(F)F)c1cc(Cl)c(F)cc1F. The van der Waals surface area contributed by atoms with Crippen molar-refractivity contribution in [3.63, 3.8) is 0 Å². The van der Waals surface area contributed by atoms with Crippen LogP contribution in [0.1, 0.15) is 11.1 Å². The lowest BCUT2D eigenvalue weighted by molar-refractivity contribution is -0.143. The van der Waals surface area contributed by atoms with E-state index in [0.717, 1.165) is 7.05 Å². The number of nitrogens with one attached hydrogen (secondary N) is 1. The Morgan fingerprint density at radius 3 is 2.24 bits per heavy atom. The number of nitrogens with zero attached hydrogens (tertiary/aromatic N) is 2. The van der Waals surface area contributed by atoms with Crippen molar-refractivity contribution in [3.05, 3.63) is 52.0 Å². The van der Waals surface area contributed by atoms with Crippen LogP contribution in [0.15, 0.2) is 24.3 Å². The zero-order chi connectivity index (χ0) is 25.6. The van der Waals surface area contributed by atoms with E-state index in [1.807, 2.05) is 0 Å². The first-order chi connectivity index (χ1) is 15.6. The summed E-state index contributed by atoms with van der Waals surface area (Å²) in [7, 11) is 0.842. The predicted molar refractivity (Wildman–Crippen MR) is 103 cm³/mol. The van der Waals surface area contributed by atoms with Crippen LogP contribution in [0.3, 0.4) is 0 Å². The summed E-state index contributed by atoms with van der Waals surface area (Å²) < 4.78 is 113. The van der Waals surface area contributed by atoms with Gasteiger partial charge in [-0.15, -0.1) is 0 Å². The number of ether oxygens (including phenoxy) is 1. The average molecular weight is 518 g/mol. The van der Waals surface area contributed by atoms with E-state index in [0.29, 0.717) is 21.9 Å². The molecule has 3 rings (SSSR count). The van der Waals surface area contributed by atoms with E-state index in [1.165, 1.54) is 0 Å². The highest BCUT2D eigenvalue weighted by Crippen LogP contribution is 2.46. The van der Waals surface area contributed by atoms with Gasteiger partial charge in [0.25, 0.3) is 0 Å². The number of benzene rings is 2. The fourth-order valence-electron chi connectivity index (χ4n) is 3.02. The third-order valence-electron chi connectivity index (χ3n) is 4.66. The first-order valence-corrected chi connectivity index (χ1v) is 9.47. The Labute approximate surface area is 190 Å². The molecule has 0 aromatic heterocycles. The third-order valence-corrected chi connectivity index (χ3v) is 4.95. The summed E-state index contributed by atoms with van der Waals surface area (Å²) >= 11 is 5.54. The molecule has 0 radical (unpaired) electrons. The fraction of sp³-hybridized carbons (Fsp3) is 0.263. The molecule has 184 valence electrons. The van der Waals surface area contributed by atoms with Gasteiger partial charge in [0, 0.05) is 26.2 Å². The van der Waals surface area contributed by atoms with Crippen molar-refractivity contribution < 1.29 is 49.4 Å². The number of amides is 3. The summed E-state index contributed by atoms with van der Waals surface area (Å²) in [6.45, 7) is -0.441. The molecule has 1 aliphatic rings. The molecular weight excluding hydrogens is 506 g/mol. The quantitative estimate of drug-likeness (QED) is 0.412. The van der Waals surface area contributed by atoms with Crippen LogP contribution in [0.25, 0.3) is 0 Å². The number of alkyl halides is 6. The molecule has 1 fully saturated rings. The van der Waals surface area contributed by atoms with Gasteiger partial charge in [0.05, 0.1) is 22.0 Å². The molecule has 0 spiro atoms. The molecule has 1 heterocycles. The molecule has 6 nitrogen and oxygen atoms in total. The second kappa shape index (κ2) is 8.81. The minimum atomic E-state index is -5.45. The van der Waals surface area contributed by atoms with E-state index in [2.05, 4.69) is 5.32 Å². The molecule has 2 aromatic rings. The molecule has 34 heavy (non-hydrogen) atoms. The summed E-state index contributed by atoms with van der Waals surface area (Å²) in [4.78, 5) is 25.4. The lowest BCUT2D eigenvalue weighted by Gasteiger charge is -2.25. The summed E-state index contributed by atoms with van der Waals surface area (Å²) in [5.41, 5.74) is -5.44. The van der Waals surface area contributed by atoms with Crippen LogP contribution in [-0.2, 0) is 12.4 Å². The van der Waals surface area contributed by atoms with Crippen LogP contribution in [-0.4, -0.2) is 32.3 Å². The molecule has 0 atom stereocenters. The van der Waals surface area contributed by atoms with Gasteiger partial charge in [-0.05, 0) is 18.2 Å². The zero-order valence-electron chi connectivity index (χ0n) is 16.7. The molecule has 0 unspecified atom stereocenters. The van der Waals surface area contributed by atoms with Crippen molar-refractivity contribution in [2.45, 2.75) is 12.4 Å². The molecule has 0 bridgehead atoms. The highest BCUT2D eigenvalue weighted by Gasteiger charge is 2.43. The predicted octanol–water partition coefficient (Wildman–Crippen LogP) is 5.82. The standard InChI is InChI=1S/C19H12ClF8N3O3/c1-30(13-6-10(20)11(21)7-12(13)22)17(33)34-15-9(19(26,27)28)4-8(18(23,24)25)5-14(15)31-3-2-29-16(31)32/h4-7H,2-3H2,1H3,(H,29,32). The second-order valence-electron chi connectivity index (χ2n) is 6.90. The van der Waals surface area contributed by atoms with Gasteiger partial charge in [-0.3, -0.25) is 9.80 Å². The van der Waals surface area contributed by atoms with Crippen LogP contribution < -0.4 is 19.9 Å². The number of urea groups is 1. The molecule has 1 saturated heterocycles. The molecule has 15 heteroatoms. The van der Waals surface area contributed by atoms with Gasteiger partial charge >= 0.3 is 24.5 Å². The van der Waals surface area contributed by atoms with E-state index >= 15 is 0 Å². The van der Waals surface area contributed by atoms with Crippen molar-refractivity contribution in [2.24, 2.45) is 0 Å². The van der Waals surface area contributed by atoms with Crippen molar-refractivity contribution in [1.82, 2.24) is 5.32 Å². The molecule has 2 aromatic carbocycles. The second-order valence-corrected chi connectivity index (χ2v) is 7.30. The largest absolute Gasteiger partial charge is 0.420 e. The Morgan fingerprint density at radius 1 is 1.06 bits per heavy atom. The minimum Gasteiger partial charge on any atom is -0.407 e. The van der Waals surface area contributed by atoms with Gasteiger partial charge in [0.15, 0.2) is 5.75 Å². The van der Waals surface area contributed by atoms with Crippen molar-refractivity contribution in [1.29, 1.82) is 0 Å². The maximum Gasteiger partial charge on any atom is 0.420 e. The maximum absolute atomic E-state index is 14.1. The maximum atomic E-state index is 14.1. The smallest absolute Gasteiger partial charge is 0.407 e. The van der Waals surface area contributed by atoms with Crippen molar-refractivity contribution in [3.8, 4) is 5.75 Å². The van der Waals surface area contributed by atoms with Gasteiger partial charge in [-0.25, -0.2) is 18.4 Å². The highest BCUT2D eigenvalue weighted by atomic mass is 35.5. The van der Waals surface area contributed by atoms with Gasteiger partial charge in [0.2, 0.25) is 0 Å². The van der Waals surface area contributed by atoms with E-state index in [9.17, 15) is 44.7 Å². The van der Waals surface area contributed by atoms with Crippen LogP contribution in [0.5, 0.6) is 5.75 Å². The number of hydrogen-bond donors (Lipinski definition) is 1. The Bertz CT molecular complexity index is 1150. The average Bonchev–Trinajstić information content (AvgIpc) is 3.14. The summed E-state index contributed by atoms with van der Waals surface area (Å²) in [5.74, 6) is -3.93. The number of hydrogen-bond acceptors (Lipinski definition) is 3. The number of anilines is 2. The van der Waals surface area contributed by atoms with Crippen molar-refractivity contribution in [2.75, 3.05) is 29.9 Å². The Hall–Kier alpha value is -3.29. The van der Waals surface area contributed by atoms with E-state index < -0.39 is 69.4 Å². The summed E-state index contributed by atoms with van der Waals surface area (Å²) in [6.07, 6.45) is -12.4. The number of rotatable bonds is 3. The number of halogens is 9. The normalized spacial score (nSPS) is 14.3. The molecule has 1 N–H and O–H groups in total. The molecule has 0 saturated carbocycles. The van der Waals surface area contributed by atoms with Gasteiger partial charge < -0.3 is 10.1 Å². The molecule has 3 amide bonds. The van der Waals surface area contributed by atoms with E-state index in [1.54, 1.807) is 0 Å². The molecular formula is C19H12ClF8N3O3. The van der Waals surface area contributed by atoms with Crippen LogP contribution in [0, 0.1) is 11.6 Å². The van der Waals surface area contributed by atoms with Crippen LogP contribution in [0.2, 0.25) is 5.02 Å². The highest BCUT2D eigenvalue weighted by molar-refractivity contribution is 6.31. The van der Waals surface area contributed by atoms with Gasteiger partial charge in [-0.2, -0.15) is 26.3 Å². The topological polar surface area (TPSA) is 61.9 Å². The monoisotopic (exact) mass is 517 g/mol. The lowest BCUT2D eigenvalue weighted by Crippen LogP contribution is -2.33. The summed E-state index contributed by atoms with van der Waals surface area (Å²) in [6, 6.07) is -0.136. The number of carbonyl (C=O) groups is 2. The third kappa shape index (κ3) is 4.95. The Morgan fingerprint density at radius 2 is 1.71 bits per heavy atom. The Kier molecular flexibility index (Phi) is 6.57. The minimum absolute atomic E-state index is 0.108. The van der Waals surface area contributed by atoms with E-state index in [-0.39, 0.29) is 25.2 Å². The molecule has 1 aliphatic heterocycles. The van der Waals surface area contributed by atoms with Gasteiger partial charge in [-0.1, -0.05) is 11.6 Å². The first-order valence-electron chi connectivity index (χ1n) is 9.09. The van der Waals surface area contributed by atoms with Crippen LogP contribution in [0.4, 0.5) is 56.1 Å². The summed E-state index contributed by atoms with van der Waals surface area (Å²) in [5, 5.41) is 1.58. The fourth-order valence-corrected chi connectivity index (χ4v) is 3.18. The lowest BCUT2D eigenvalue weighted by atomic mass is 10.1. The van der Waals surface area contributed by atoms with Crippen molar-refractivity contribution >= 4 is 35.1 Å². The van der Waals surface area contributed by atoms with E-state index in [4.69, 9.17) is 16.3 Å². The molecule has 0 aliphatic carbocycles. The number of carbonyl (C=O) groups excluding carboxylic acids is 2. The Balaban J connectivity index is 2.15. The first kappa shape index (κ1) is 25.3. The van der Waals surface area contributed by atoms with Crippen LogP contribution >= 0.6 is 11.6 Å². The van der Waals surface area contributed by atoms with Gasteiger partial charge in [0.1, 0.15) is 17.2 Å².